The van der Waals surface area contributed by atoms with E-state index in [0.29, 0.717) is 0 Å². The standard InChI is InChI=1S/C16H24O2Si/c1-12-11-13-9-7-8-10-14(13)15(12)19(17-5,18-6)16(2,3)4/h7-11,15H,1-6H3. The molecule has 0 bridgehead atoms. The first-order valence-electron chi connectivity index (χ1n) is 6.75. The fraction of sp³-hybridized carbons (Fsp3) is 0.500. The van der Waals surface area contributed by atoms with Crippen molar-refractivity contribution < 1.29 is 8.85 Å². The zero-order chi connectivity index (χ0) is 14.3. The van der Waals surface area contributed by atoms with Crippen molar-refractivity contribution in [2.45, 2.75) is 38.3 Å². The smallest absolute Gasteiger partial charge is 0.355 e. The van der Waals surface area contributed by atoms with Crippen molar-refractivity contribution in [2.24, 2.45) is 0 Å². The average molecular weight is 276 g/mol. The largest absolute Gasteiger partial charge is 0.397 e. The molecule has 0 N–H and O–H groups in total. The van der Waals surface area contributed by atoms with Gasteiger partial charge in [-0.2, -0.15) is 0 Å². The number of allylic oxidation sites excluding steroid dienone is 1. The van der Waals surface area contributed by atoms with Crippen LogP contribution >= 0.6 is 0 Å². The van der Waals surface area contributed by atoms with E-state index >= 15 is 0 Å². The summed E-state index contributed by atoms with van der Waals surface area (Å²) in [6.07, 6.45) is 2.27. The van der Waals surface area contributed by atoms with E-state index in [1.807, 2.05) is 0 Å². The van der Waals surface area contributed by atoms with Crippen molar-refractivity contribution in [3.8, 4) is 0 Å². The Hall–Kier alpha value is -0.903. The maximum atomic E-state index is 6.04. The summed E-state index contributed by atoms with van der Waals surface area (Å²) in [4.78, 5) is 0. The monoisotopic (exact) mass is 276 g/mol. The molecule has 104 valence electrons. The second kappa shape index (κ2) is 4.89. The van der Waals surface area contributed by atoms with E-state index < -0.39 is 8.56 Å². The first-order valence-corrected chi connectivity index (χ1v) is 8.64. The molecular formula is C16H24O2Si. The lowest BCUT2D eigenvalue weighted by Crippen LogP contribution is -2.54. The van der Waals surface area contributed by atoms with E-state index in [1.165, 1.54) is 16.7 Å². The number of hydrogen-bond acceptors (Lipinski definition) is 2. The van der Waals surface area contributed by atoms with Crippen molar-refractivity contribution >= 4 is 14.6 Å². The summed E-state index contributed by atoms with van der Waals surface area (Å²) in [5.41, 5.74) is 4.29. The van der Waals surface area contributed by atoms with E-state index in [9.17, 15) is 0 Å². The molecule has 1 unspecified atom stereocenters. The van der Waals surface area contributed by atoms with Gasteiger partial charge in [-0.15, -0.1) is 0 Å². The van der Waals surface area contributed by atoms with E-state index in [2.05, 4.69) is 58.0 Å². The average Bonchev–Trinajstić information content (AvgIpc) is 2.67. The zero-order valence-corrected chi connectivity index (χ0v) is 13.8. The van der Waals surface area contributed by atoms with Gasteiger partial charge in [0.05, 0.1) is 0 Å². The van der Waals surface area contributed by atoms with Crippen LogP contribution < -0.4 is 0 Å². The maximum absolute atomic E-state index is 6.04. The third kappa shape index (κ3) is 2.10. The Morgan fingerprint density at radius 2 is 1.63 bits per heavy atom. The Morgan fingerprint density at radius 3 is 2.16 bits per heavy atom. The number of benzene rings is 1. The molecule has 2 rings (SSSR count). The van der Waals surface area contributed by atoms with Crippen molar-refractivity contribution in [1.82, 2.24) is 0 Å². The van der Waals surface area contributed by atoms with Crippen LogP contribution in [0.4, 0.5) is 0 Å². The molecule has 1 aliphatic rings. The van der Waals surface area contributed by atoms with Gasteiger partial charge in [-0.3, -0.25) is 0 Å². The first-order chi connectivity index (χ1) is 8.87. The summed E-state index contributed by atoms with van der Waals surface area (Å²) in [6, 6.07) is 8.57. The SMILES string of the molecule is CO[Si](OC)(C1C(C)=Cc2ccccc21)C(C)(C)C. The Bertz CT molecular complexity index is 496. The van der Waals surface area contributed by atoms with Crippen molar-refractivity contribution in [1.29, 1.82) is 0 Å². The fourth-order valence-electron chi connectivity index (χ4n) is 3.35. The van der Waals surface area contributed by atoms with Gasteiger partial charge in [-0.25, -0.2) is 0 Å². The molecule has 0 saturated carbocycles. The highest BCUT2D eigenvalue weighted by atomic mass is 28.4. The van der Waals surface area contributed by atoms with Crippen LogP contribution in [0.1, 0.15) is 44.4 Å². The molecule has 0 saturated heterocycles. The predicted octanol–water partition coefficient (Wildman–Crippen LogP) is 4.26. The molecular weight excluding hydrogens is 252 g/mol. The van der Waals surface area contributed by atoms with Crippen molar-refractivity contribution in [2.75, 3.05) is 14.2 Å². The summed E-state index contributed by atoms with van der Waals surface area (Å²) in [6.45, 7) is 8.86. The lowest BCUT2D eigenvalue weighted by atomic mass is 10.1. The van der Waals surface area contributed by atoms with Gasteiger partial charge >= 0.3 is 8.56 Å². The molecule has 2 nitrogen and oxygen atoms in total. The maximum Gasteiger partial charge on any atom is 0.355 e. The van der Waals surface area contributed by atoms with Crippen LogP contribution in [0, 0.1) is 0 Å². The Kier molecular flexibility index (Phi) is 3.73. The summed E-state index contributed by atoms with van der Waals surface area (Å²) in [5, 5.41) is 0.00766. The predicted molar refractivity (Wildman–Crippen MR) is 82.3 cm³/mol. The lowest BCUT2D eigenvalue weighted by Gasteiger charge is -2.43. The van der Waals surface area contributed by atoms with Gasteiger partial charge in [-0.1, -0.05) is 56.7 Å². The van der Waals surface area contributed by atoms with Gasteiger partial charge in [0.2, 0.25) is 0 Å². The van der Waals surface area contributed by atoms with Gasteiger partial charge in [0.25, 0.3) is 0 Å². The van der Waals surface area contributed by atoms with E-state index in [0.717, 1.165) is 0 Å². The third-order valence-corrected chi connectivity index (χ3v) is 9.01. The first kappa shape index (κ1) is 14.5. The Morgan fingerprint density at radius 1 is 1.05 bits per heavy atom. The van der Waals surface area contributed by atoms with E-state index in [1.54, 1.807) is 14.2 Å². The van der Waals surface area contributed by atoms with Crippen LogP contribution in [0.5, 0.6) is 0 Å². The number of rotatable bonds is 3. The van der Waals surface area contributed by atoms with Gasteiger partial charge in [0, 0.05) is 24.8 Å². The molecule has 1 aliphatic carbocycles. The summed E-state index contributed by atoms with van der Waals surface area (Å²) in [5.74, 6) is 0. The van der Waals surface area contributed by atoms with Crippen LogP contribution in [0.2, 0.25) is 5.04 Å². The molecule has 0 fully saturated rings. The molecule has 0 amide bonds. The second-order valence-corrected chi connectivity index (χ2v) is 10.5. The van der Waals surface area contributed by atoms with Crippen LogP contribution in [0.3, 0.4) is 0 Å². The Balaban J connectivity index is 2.59. The van der Waals surface area contributed by atoms with Crippen LogP contribution in [0.15, 0.2) is 29.8 Å². The molecule has 1 atom stereocenters. The molecule has 1 aromatic rings. The topological polar surface area (TPSA) is 18.5 Å². The molecule has 0 aromatic heterocycles. The molecule has 0 heterocycles. The van der Waals surface area contributed by atoms with Crippen LogP contribution in [-0.4, -0.2) is 22.8 Å². The molecule has 19 heavy (non-hydrogen) atoms. The fourth-order valence-corrected chi connectivity index (χ4v) is 7.43. The lowest BCUT2D eigenvalue weighted by molar-refractivity contribution is 0.206. The normalized spacial score (nSPS) is 19.3. The minimum absolute atomic E-state index is 0.00766. The van der Waals surface area contributed by atoms with Crippen LogP contribution in [-0.2, 0) is 8.85 Å². The van der Waals surface area contributed by atoms with Gasteiger partial charge in [0.1, 0.15) is 0 Å². The minimum atomic E-state index is -2.39. The number of fused-ring (bicyclic) bond motifs is 1. The molecule has 0 aliphatic heterocycles. The summed E-state index contributed by atoms with van der Waals surface area (Å²) >= 11 is 0. The summed E-state index contributed by atoms with van der Waals surface area (Å²) < 4.78 is 12.1. The van der Waals surface area contributed by atoms with Crippen molar-refractivity contribution in [3.05, 3.63) is 41.0 Å². The van der Waals surface area contributed by atoms with Gasteiger partial charge in [-0.05, 0) is 18.1 Å². The third-order valence-electron chi connectivity index (χ3n) is 4.18. The second-order valence-electron chi connectivity index (χ2n) is 6.28. The highest BCUT2D eigenvalue weighted by molar-refractivity contribution is 6.73. The highest BCUT2D eigenvalue weighted by Crippen LogP contribution is 2.51. The quantitative estimate of drug-likeness (QED) is 0.768. The van der Waals surface area contributed by atoms with Gasteiger partial charge < -0.3 is 8.85 Å². The highest BCUT2D eigenvalue weighted by Gasteiger charge is 2.56. The zero-order valence-electron chi connectivity index (χ0n) is 12.8. The van der Waals surface area contributed by atoms with Gasteiger partial charge in [0.15, 0.2) is 0 Å². The number of hydrogen-bond donors (Lipinski definition) is 0. The molecule has 3 heteroatoms. The van der Waals surface area contributed by atoms with E-state index in [4.69, 9.17) is 8.85 Å². The summed E-state index contributed by atoms with van der Waals surface area (Å²) in [7, 11) is 1.21. The molecule has 1 aromatic carbocycles. The Labute approximate surface area is 117 Å². The van der Waals surface area contributed by atoms with E-state index in [-0.39, 0.29) is 10.6 Å². The van der Waals surface area contributed by atoms with Crippen molar-refractivity contribution in [3.63, 3.8) is 0 Å². The van der Waals surface area contributed by atoms with Crippen LogP contribution in [0.25, 0.3) is 6.08 Å². The minimum Gasteiger partial charge on any atom is -0.397 e. The molecule has 0 radical (unpaired) electrons. The molecule has 0 spiro atoms.